The summed E-state index contributed by atoms with van der Waals surface area (Å²) >= 11 is 12.2. The molecule has 0 aliphatic carbocycles. The SMILES string of the molecule is COc1cc(Cl)c(C(=O)c2c(N)cccc2OC)cc1Cl. The number of carbonyl (C=O) groups excluding carboxylic acids is 1. The summed E-state index contributed by atoms with van der Waals surface area (Å²) in [5.74, 6) is 0.411. The van der Waals surface area contributed by atoms with Crippen LogP contribution in [0.25, 0.3) is 0 Å². The van der Waals surface area contributed by atoms with Crippen molar-refractivity contribution in [2.45, 2.75) is 0 Å². The largest absolute Gasteiger partial charge is 0.496 e. The van der Waals surface area contributed by atoms with Gasteiger partial charge in [0.05, 0.1) is 29.8 Å². The van der Waals surface area contributed by atoms with Crippen LogP contribution in [0.5, 0.6) is 11.5 Å². The van der Waals surface area contributed by atoms with E-state index < -0.39 is 0 Å². The molecule has 6 heteroatoms. The number of benzene rings is 2. The number of nitrogens with two attached hydrogens (primary N) is 1. The minimum atomic E-state index is -0.362. The van der Waals surface area contributed by atoms with Gasteiger partial charge in [-0.25, -0.2) is 0 Å². The molecule has 2 aromatic carbocycles. The Hall–Kier alpha value is -1.91. The Bertz CT molecular complexity index is 702. The molecular weight excluding hydrogens is 313 g/mol. The van der Waals surface area contributed by atoms with E-state index >= 15 is 0 Å². The van der Waals surface area contributed by atoms with Crippen LogP contribution in [0.1, 0.15) is 15.9 Å². The number of halogens is 2. The zero-order chi connectivity index (χ0) is 15.6. The highest BCUT2D eigenvalue weighted by Gasteiger charge is 2.21. The third-order valence-corrected chi connectivity index (χ3v) is 3.60. The molecule has 0 atom stereocenters. The number of ketones is 1. The van der Waals surface area contributed by atoms with E-state index in [0.717, 1.165) is 0 Å². The maximum absolute atomic E-state index is 12.7. The molecule has 2 N–H and O–H groups in total. The van der Waals surface area contributed by atoms with Crippen molar-refractivity contribution in [2.75, 3.05) is 20.0 Å². The molecule has 21 heavy (non-hydrogen) atoms. The highest BCUT2D eigenvalue weighted by molar-refractivity contribution is 6.38. The number of hydrogen-bond donors (Lipinski definition) is 1. The van der Waals surface area contributed by atoms with E-state index in [1.807, 2.05) is 0 Å². The Morgan fingerprint density at radius 1 is 1.05 bits per heavy atom. The summed E-state index contributed by atoms with van der Waals surface area (Å²) in [5.41, 5.74) is 6.67. The second kappa shape index (κ2) is 6.24. The predicted octanol–water partition coefficient (Wildman–Crippen LogP) is 3.82. The van der Waals surface area contributed by atoms with Gasteiger partial charge in [-0.3, -0.25) is 4.79 Å². The van der Waals surface area contributed by atoms with E-state index in [0.29, 0.717) is 22.2 Å². The van der Waals surface area contributed by atoms with Crippen molar-refractivity contribution in [3.63, 3.8) is 0 Å². The standard InChI is InChI=1S/C15H13Cl2NO3/c1-20-12-5-3-4-11(18)14(12)15(19)8-6-10(17)13(21-2)7-9(8)16/h3-7H,18H2,1-2H3. The van der Waals surface area contributed by atoms with Gasteiger partial charge in [0.2, 0.25) is 0 Å². The summed E-state index contributed by atoms with van der Waals surface area (Å²) in [6.07, 6.45) is 0. The smallest absolute Gasteiger partial charge is 0.200 e. The number of rotatable bonds is 4. The predicted molar refractivity (Wildman–Crippen MR) is 83.9 cm³/mol. The molecule has 0 aliphatic heterocycles. The highest BCUT2D eigenvalue weighted by Crippen LogP contribution is 2.34. The van der Waals surface area contributed by atoms with Gasteiger partial charge < -0.3 is 15.2 Å². The zero-order valence-electron chi connectivity index (χ0n) is 11.4. The van der Waals surface area contributed by atoms with Gasteiger partial charge >= 0.3 is 0 Å². The molecule has 110 valence electrons. The van der Waals surface area contributed by atoms with Gasteiger partial charge in [0.25, 0.3) is 0 Å². The third-order valence-electron chi connectivity index (χ3n) is 2.99. The summed E-state index contributed by atoms with van der Waals surface area (Å²) in [5, 5.41) is 0.519. The lowest BCUT2D eigenvalue weighted by Crippen LogP contribution is -2.08. The summed E-state index contributed by atoms with van der Waals surface area (Å²) in [6, 6.07) is 7.92. The molecule has 0 spiro atoms. The van der Waals surface area contributed by atoms with Crippen molar-refractivity contribution >= 4 is 34.7 Å². The second-order valence-corrected chi connectivity index (χ2v) is 5.03. The van der Waals surface area contributed by atoms with Crippen LogP contribution in [0.15, 0.2) is 30.3 Å². The van der Waals surface area contributed by atoms with Crippen molar-refractivity contribution in [2.24, 2.45) is 0 Å². The topological polar surface area (TPSA) is 61.5 Å². The highest BCUT2D eigenvalue weighted by atomic mass is 35.5. The fourth-order valence-electron chi connectivity index (χ4n) is 1.95. The first-order chi connectivity index (χ1) is 9.99. The molecule has 0 saturated heterocycles. The van der Waals surface area contributed by atoms with Crippen LogP contribution in [-0.4, -0.2) is 20.0 Å². The summed E-state index contributed by atoms with van der Waals surface area (Å²) in [4.78, 5) is 12.7. The van der Waals surface area contributed by atoms with Gasteiger partial charge in [-0.15, -0.1) is 0 Å². The van der Waals surface area contributed by atoms with E-state index in [4.69, 9.17) is 38.4 Å². The lowest BCUT2D eigenvalue weighted by atomic mass is 10.0. The van der Waals surface area contributed by atoms with E-state index in [2.05, 4.69) is 0 Å². The normalized spacial score (nSPS) is 10.3. The average Bonchev–Trinajstić information content (AvgIpc) is 2.48. The molecule has 4 nitrogen and oxygen atoms in total. The van der Waals surface area contributed by atoms with Gasteiger partial charge in [-0.05, 0) is 18.2 Å². The van der Waals surface area contributed by atoms with Crippen LogP contribution >= 0.6 is 23.2 Å². The van der Waals surface area contributed by atoms with Crippen LogP contribution in [0.4, 0.5) is 5.69 Å². The molecule has 0 aliphatic rings. The molecule has 0 unspecified atom stereocenters. The van der Waals surface area contributed by atoms with Gasteiger partial charge in [0.15, 0.2) is 5.78 Å². The summed E-state index contributed by atoms with van der Waals surface area (Å²) < 4.78 is 10.2. The fourth-order valence-corrected chi connectivity index (χ4v) is 2.44. The fraction of sp³-hybridized carbons (Fsp3) is 0.133. The monoisotopic (exact) mass is 325 g/mol. The Labute approximate surface area is 132 Å². The lowest BCUT2D eigenvalue weighted by Gasteiger charge is -2.12. The molecule has 0 bridgehead atoms. The average molecular weight is 326 g/mol. The first kappa shape index (κ1) is 15.5. The van der Waals surface area contributed by atoms with Crippen LogP contribution in [0.2, 0.25) is 10.0 Å². The molecule has 0 aromatic heterocycles. The molecule has 0 fully saturated rings. The molecule has 0 heterocycles. The molecule has 2 aromatic rings. The maximum atomic E-state index is 12.7. The van der Waals surface area contributed by atoms with Crippen molar-refractivity contribution in [3.8, 4) is 11.5 Å². The van der Waals surface area contributed by atoms with Crippen molar-refractivity contribution < 1.29 is 14.3 Å². The first-order valence-corrected chi connectivity index (χ1v) is 6.75. The van der Waals surface area contributed by atoms with Gasteiger partial charge in [-0.1, -0.05) is 29.3 Å². The summed E-state index contributed by atoms with van der Waals surface area (Å²) in [6.45, 7) is 0. The minimum absolute atomic E-state index is 0.228. The third kappa shape index (κ3) is 2.91. The Morgan fingerprint density at radius 2 is 1.71 bits per heavy atom. The van der Waals surface area contributed by atoms with E-state index in [-0.39, 0.29) is 21.9 Å². The maximum Gasteiger partial charge on any atom is 0.200 e. The Kier molecular flexibility index (Phi) is 4.60. The Balaban J connectivity index is 2.58. The number of ether oxygens (including phenoxy) is 2. The van der Waals surface area contributed by atoms with Crippen LogP contribution in [0, 0.1) is 0 Å². The molecular formula is C15H13Cl2NO3. The van der Waals surface area contributed by atoms with E-state index in [1.165, 1.54) is 26.4 Å². The second-order valence-electron chi connectivity index (χ2n) is 4.22. The minimum Gasteiger partial charge on any atom is -0.496 e. The zero-order valence-corrected chi connectivity index (χ0v) is 13.0. The Morgan fingerprint density at radius 3 is 2.33 bits per heavy atom. The van der Waals surface area contributed by atoms with Gasteiger partial charge in [0.1, 0.15) is 11.5 Å². The molecule has 0 radical (unpaired) electrons. The van der Waals surface area contributed by atoms with E-state index in [9.17, 15) is 4.79 Å². The van der Waals surface area contributed by atoms with Crippen LogP contribution in [0.3, 0.4) is 0 Å². The number of nitrogen functional groups attached to an aromatic ring is 1. The van der Waals surface area contributed by atoms with E-state index in [1.54, 1.807) is 18.2 Å². The number of anilines is 1. The number of carbonyl (C=O) groups is 1. The van der Waals surface area contributed by atoms with Crippen LogP contribution in [-0.2, 0) is 0 Å². The van der Waals surface area contributed by atoms with Crippen molar-refractivity contribution in [1.82, 2.24) is 0 Å². The van der Waals surface area contributed by atoms with Gasteiger partial charge in [0, 0.05) is 17.3 Å². The lowest BCUT2D eigenvalue weighted by molar-refractivity contribution is 0.103. The quantitative estimate of drug-likeness (QED) is 0.685. The first-order valence-electron chi connectivity index (χ1n) is 5.99. The number of hydrogen-bond acceptors (Lipinski definition) is 4. The van der Waals surface area contributed by atoms with Gasteiger partial charge in [-0.2, -0.15) is 0 Å². The molecule has 0 saturated carbocycles. The van der Waals surface area contributed by atoms with Crippen molar-refractivity contribution in [1.29, 1.82) is 0 Å². The van der Waals surface area contributed by atoms with Crippen LogP contribution < -0.4 is 15.2 Å². The molecule has 2 rings (SSSR count). The summed E-state index contributed by atoms with van der Waals surface area (Å²) in [7, 11) is 2.94. The number of methoxy groups -OCH3 is 2. The van der Waals surface area contributed by atoms with Crippen molar-refractivity contribution in [3.05, 3.63) is 51.5 Å². The molecule has 0 amide bonds.